The summed E-state index contributed by atoms with van der Waals surface area (Å²) in [6, 6.07) is 7.21. The number of hydrogen-bond acceptors (Lipinski definition) is 1. The van der Waals surface area contributed by atoms with Crippen LogP contribution in [0.1, 0.15) is 33.3 Å². The van der Waals surface area contributed by atoms with Gasteiger partial charge < -0.3 is 10.6 Å². The van der Waals surface area contributed by atoms with Crippen molar-refractivity contribution in [2.75, 3.05) is 13.6 Å². The van der Waals surface area contributed by atoms with E-state index in [1.54, 1.807) is 13.1 Å². The number of nitrogens with one attached hydrogen (secondary N) is 2. The molecule has 0 aliphatic rings. The Balaban J connectivity index is 0.00000361. The summed E-state index contributed by atoms with van der Waals surface area (Å²) in [5.74, 6) is 0.570. The Bertz CT molecular complexity index is 444. The summed E-state index contributed by atoms with van der Waals surface area (Å²) in [6.45, 7) is 8.74. The zero-order valence-corrected chi connectivity index (χ0v) is 15.2. The van der Waals surface area contributed by atoms with Gasteiger partial charge >= 0.3 is 0 Å². The minimum Gasteiger partial charge on any atom is -0.356 e. The highest BCUT2D eigenvalue weighted by atomic mass is 127. The first-order chi connectivity index (χ1) is 8.86. The average Bonchev–Trinajstić information content (AvgIpc) is 2.34. The summed E-state index contributed by atoms with van der Waals surface area (Å²) in [5.41, 5.74) is 0.405. The quantitative estimate of drug-likeness (QED) is 0.468. The molecular formula is C15H25FIN3. The fourth-order valence-electron chi connectivity index (χ4n) is 1.88. The molecule has 1 rings (SSSR count). The van der Waals surface area contributed by atoms with Crippen LogP contribution in [0.5, 0.6) is 0 Å². The zero-order chi connectivity index (χ0) is 14.5. The van der Waals surface area contributed by atoms with Crippen LogP contribution in [0.15, 0.2) is 29.3 Å². The van der Waals surface area contributed by atoms with Crippen molar-refractivity contribution in [2.45, 2.75) is 39.2 Å². The van der Waals surface area contributed by atoms with Gasteiger partial charge in [0.1, 0.15) is 5.82 Å². The molecule has 0 unspecified atom stereocenters. The Morgan fingerprint density at radius 3 is 2.40 bits per heavy atom. The minimum absolute atomic E-state index is 0. The predicted molar refractivity (Wildman–Crippen MR) is 94.5 cm³/mol. The van der Waals surface area contributed by atoms with Crippen molar-refractivity contribution >= 4 is 29.9 Å². The van der Waals surface area contributed by atoms with Crippen LogP contribution in [-0.4, -0.2) is 25.6 Å². The molecule has 0 bridgehead atoms. The standard InChI is InChI=1S/C15H24FN3.HI/c1-11(2)19-14(17-5)18-10-15(3,4)12-8-6-7-9-13(12)16;/h6-9,11H,10H2,1-5H3,(H2,17,18,19);1H. The fraction of sp³-hybridized carbons (Fsp3) is 0.533. The molecule has 0 fully saturated rings. The predicted octanol–water partition coefficient (Wildman–Crippen LogP) is 3.29. The molecule has 2 N–H and O–H groups in total. The molecule has 0 saturated carbocycles. The number of aliphatic imine (C=N–C) groups is 1. The van der Waals surface area contributed by atoms with Crippen molar-refractivity contribution < 1.29 is 4.39 Å². The highest BCUT2D eigenvalue weighted by Crippen LogP contribution is 2.24. The van der Waals surface area contributed by atoms with Crippen molar-refractivity contribution in [3.8, 4) is 0 Å². The Labute approximate surface area is 138 Å². The molecule has 0 aromatic heterocycles. The van der Waals surface area contributed by atoms with Gasteiger partial charge in [-0.1, -0.05) is 32.0 Å². The summed E-state index contributed by atoms with van der Waals surface area (Å²) in [7, 11) is 1.73. The SMILES string of the molecule is CN=C(NCC(C)(C)c1ccccc1F)NC(C)C.I. The number of halogens is 2. The topological polar surface area (TPSA) is 36.4 Å². The van der Waals surface area contributed by atoms with Crippen molar-refractivity contribution in [1.29, 1.82) is 0 Å². The molecule has 1 aromatic carbocycles. The summed E-state index contributed by atoms with van der Waals surface area (Å²) in [6.07, 6.45) is 0. The number of rotatable bonds is 4. The Hall–Kier alpha value is -0.850. The van der Waals surface area contributed by atoms with Gasteiger partial charge in [0.2, 0.25) is 0 Å². The molecular weight excluding hydrogens is 368 g/mol. The summed E-state index contributed by atoms with van der Waals surface area (Å²) >= 11 is 0. The van der Waals surface area contributed by atoms with Crippen LogP contribution in [0.3, 0.4) is 0 Å². The van der Waals surface area contributed by atoms with Gasteiger partial charge in [0.05, 0.1) is 0 Å². The van der Waals surface area contributed by atoms with Crippen molar-refractivity contribution in [1.82, 2.24) is 10.6 Å². The van der Waals surface area contributed by atoms with E-state index in [1.807, 2.05) is 26.0 Å². The monoisotopic (exact) mass is 393 g/mol. The van der Waals surface area contributed by atoms with Crippen LogP contribution in [0.4, 0.5) is 4.39 Å². The van der Waals surface area contributed by atoms with E-state index in [2.05, 4.69) is 29.5 Å². The normalized spacial score (nSPS) is 12.1. The first kappa shape index (κ1) is 19.1. The second kappa shape index (κ2) is 8.44. The van der Waals surface area contributed by atoms with Gasteiger partial charge in [-0.05, 0) is 25.5 Å². The first-order valence-electron chi connectivity index (χ1n) is 6.59. The molecule has 0 aliphatic heterocycles. The van der Waals surface area contributed by atoms with E-state index >= 15 is 0 Å². The summed E-state index contributed by atoms with van der Waals surface area (Å²) in [5, 5.41) is 6.45. The molecule has 3 nitrogen and oxygen atoms in total. The molecule has 0 aliphatic carbocycles. The minimum atomic E-state index is -0.306. The van der Waals surface area contributed by atoms with Gasteiger partial charge in [-0.3, -0.25) is 4.99 Å². The van der Waals surface area contributed by atoms with Crippen molar-refractivity contribution in [3.63, 3.8) is 0 Å². The summed E-state index contributed by atoms with van der Waals surface area (Å²) in [4.78, 5) is 4.15. The number of guanidine groups is 1. The second-order valence-electron chi connectivity index (χ2n) is 5.59. The van der Waals surface area contributed by atoms with E-state index in [0.717, 1.165) is 5.96 Å². The third-order valence-electron chi connectivity index (χ3n) is 2.95. The smallest absolute Gasteiger partial charge is 0.191 e. The van der Waals surface area contributed by atoms with Crippen LogP contribution in [0.25, 0.3) is 0 Å². The van der Waals surface area contributed by atoms with Crippen LogP contribution < -0.4 is 10.6 Å². The van der Waals surface area contributed by atoms with Gasteiger partial charge in [-0.15, -0.1) is 24.0 Å². The Morgan fingerprint density at radius 1 is 1.30 bits per heavy atom. The Kier molecular flexibility index (Phi) is 8.08. The highest BCUT2D eigenvalue weighted by Gasteiger charge is 2.24. The third kappa shape index (κ3) is 5.64. The van der Waals surface area contributed by atoms with Gasteiger partial charge in [0.25, 0.3) is 0 Å². The lowest BCUT2D eigenvalue weighted by molar-refractivity contribution is 0.472. The molecule has 5 heteroatoms. The molecule has 0 amide bonds. The molecule has 0 saturated heterocycles. The number of nitrogens with zero attached hydrogens (tertiary/aromatic N) is 1. The van der Waals surface area contributed by atoms with E-state index in [0.29, 0.717) is 18.2 Å². The van der Waals surface area contributed by atoms with Crippen LogP contribution in [0, 0.1) is 5.82 Å². The number of hydrogen-bond donors (Lipinski definition) is 2. The fourth-order valence-corrected chi connectivity index (χ4v) is 1.88. The van der Waals surface area contributed by atoms with Gasteiger partial charge in [-0.2, -0.15) is 0 Å². The molecule has 1 aromatic rings. The van der Waals surface area contributed by atoms with Gasteiger partial charge in [0, 0.05) is 25.0 Å². The number of benzene rings is 1. The zero-order valence-electron chi connectivity index (χ0n) is 12.8. The van der Waals surface area contributed by atoms with E-state index in [9.17, 15) is 4.39 Å². The molecule has 20 heavy (non-hydrogen) atoms. The lowest BCUT2D eigenvalue weighted by atomic mass is 9.84. The highest BCUT2D eigenvalue weighted by molar-refractivity contribution is 14.0. The third-order valence-corrected chi connectivity index (χ3v) is 2.95. The Morgan fingerprint density at radius 2 is 1.90 bits per heavy atom. The van der Waals surface area contributed by atoms with E-state index in [4.69, 9.17) is 0 Å². The van der Waals surface area contributed by atoms with E-state index < -0.39 is 0 Å². The van der Waals surface area contributed by atoms with Crippen LogP contribution in [-0.2, 0) is 5.41 Å². The molecule has 0 radical (unpaired) electrons. The van der Waals surface area contributed by atoms with Crippen molar-refractivity contribution in [2.24, 2.45) is 4.99 Å². The maximum atomic E-state index is 13.8. The van der Waals surface area contributed by atoms with Crippen LogP contribution in [0.2, 0.25) is 0 Å². The first-order valence-corrected chi connectivity index (χ1v) is 6.59. The largest absolute Gasteiger partial charge is 0.356 e. The van der Waals surface area contributed by atoms with Gasteiger partial charge in [-0.25, -0.2) is 4.39 Å². The second-order valence-corrected chi connectivity index (χ2v) is 5.59. The van der Waals surface area contributed by atoms with E-state index in [-0.39, 0.29) is 35.2 Å². The lowest BCUT2D eigenvalue weighted by Gasteiger charge is -2.27. The van der Waals surface area contributed by atoms with Crippen molar-refractivity contribution in [3.05, 3.63) is 35.6 Å². The van der Waals surface area contributed by atoms with Gasteiger partial charge in [0.15, 0.2) is 5.96 Å². The van der Waals surface area contributed by atoms with E-state index in [1.165, 1.54) is 6.07 Å². The summed E-state index contributed by atoms with van der Waals surface area (Å²) < 4.78 is 13.8. The van der Waals surface area contributed by atoms with Crippen LogP contribution >= 0.6 is 24.0 Å². The molecule has 0 atom stereocenters. The maximum Gasteiger partial charge on any atom is 0.191 e. The lowest BCUT2D eigenvalue weighted by Crippen LogP contribution is -2.45. The molecule has 114 valence electrons. The average molecular weight is 393 g/mol. The molecule has 0 heterocycles. The molecule has 0 spiro atoms. The maximum absolute atomic E-state index is 13.8.